The van der Waals surface area contributed by atoms with Crippen LogP contribution in [0.15, 0.2) is 42.5 Å². The molecule has 0 atom stereocenters. The molecule has 4 N–H and O–H groups in total. The summed E-state index contributed by atoms with van der Waals surface area (Å²) in [6.07, 6.45) is 3.29. The Kier molecular flexibility index (Phi) is 6.63. The number of likely N-dealkylation sites (N-methyl/N-ethyl adjacent to an activating group) is 1. The number of halogens is 2. The molecule has 7 nitrogen and oxygen atoms in total. The summed E-state index contributed by atoms with van der Waals surface area (Å²) in [5, 5.41) is 6.30. The van der Waals surface area contributed by atoms with Crippen molar-refractivity contribution in [2.75, 3.05) is 31.7 Å². The third kappa shape index (κ3) is 4.64. The summed E-state index contributed by atoms with van der Waals surface area (Å²) in [5.74, 6) is -3.07. The lowest BCUT2D eigenvalue weighted by atomic mass is 9.75. The lowest BCUT2D eigenvalue weighted by molar-refractivity contribution is 0.0557. The van der Waals surface area contributed by atoms with Crippen LogP contribution in [-0.2, 0) is 0 Å². The smallest absolute Gasteiger partial charge is 0.251 e. The van der Waals surface area contributed by atoms with Crippen LogP contribution in [0.5, 0.6) is 0 Å². The fraction of sp³-hybridized carbons (Fsp3) is 0.292. The lowest BCUT2D eigenvalue weighted by Gasteiger charge is -2.47. The summed E-state index contributed by atoms with van der Waals surface area (Å²) >= 11 is 0.894. The molecule has 2 aromatic carbocycles. The van der Waals surface area contributed by atoms with E-state index < -0.39 is 23.0 Å². The zero-order valence-electron chi connectivity index (χ0n) is 18.8. The van der Waals surface area contributed by atoms with E-state index in [-0.39, 0.29) is 27.3 Å². The third-order valence-electron chi connectivity index (χ3n) is 6.26. The summed E-state index contributed by atoms with van der Waals surface area (Å²) in [7, 11) is 4.06. The van der Waals surface area contributed by atoms with Gasteiger partial charge in [0.25, 0.3) is 5.91 Å². The zero-order chi connectivity index (χ0) is 24.5. The Labute approximate surface area is 200 Å². The first-order valence-corrected chi connectivity index (χ1v) is 11.6. The first-order valence-electron chi connectivity index (χ1n) is 10.8. The molecule has 178 valence electrons. The molecule has 0 bridgehead atoms. The highest BCUT2D eigenvalue weighted by molar-refractivity contribution is 7.18. The van der Waals surface area contributed by atoms with Crippen LogP contribution < -0.4 is 16.4 Å². The number of hydrogen-bond acceptors (Lipinski definition) is 7. The van der Waals surface area contributed by atoms with Gasteiger partial charge in [0.1, 0.15) is 22.3 Å². The van der Waals surface area contributed by atoms with Crippen molar-refractivity contribution in [3.05, 3.63) is 70.1 Å². The number of nitrogens with two attached hydrogens (primary N) is 1. The van der Waals surface area contributed by atoms with Gasteiger partial charge in [0.05, 0.1) is 5.56 Å². The number of aromatic nitrogens is 1. The predicted octanol–water partition coefficient (Wildman–Crippen LogP) is 4.19. The Morgan fingerprint density at radius 2 is 1.76 bits per heavy atom. The Balaban J connectivity index is 1.42. The van der Waals surface area contributed by atoms with E-state index in [9.17, 15) is 18.4 Å². The number of hydrogen-bond donors (Lipinski definition) is 3. The summed E-state index contributed by atoms with van der Waals surface area (Å²) < 4.78 is 28.0. The molecule has 3 aromatic rings. The van der Waals surface area contributed by atoms with Crippen LogP contribution >= 0.6 is 11.3 Å². The fourth-order valence-corrected chi connectivity index (χ4v) is 4.77. The van der Waals surface area contributed by atoms with E-state index in [1.54, 1.807) is 24.3 Å². The van der Waals surface area contributed by atoms with Crippen LogP contribution in [0.1, 0.15) is 44.9 Å². The van der Waals surface area contributed by atoms with E-state index in [2.05, 4.69) is 20.5 Å². The summed E-state index contributed by atoms with van der Waals surface area (Å²) in [6.45, 7) is 0.594. The van der Waals surface area contributed by atoms with Gasteiger partial charge < -0.3 is 21.3 Å². The molecular weight excluding hydrogens is 460 g/mol. The minimum Gasteiger partial charge on any atom is -0.382 e. The number of thiazole rings is 1. The maximum atomic E-state index is 14.0. The second-order valence-electron chi connectivity index (χ2n) is 8.52. The molecule has 0 spiro atoms. The molecule has 1 aliphatic carbocycles. The molecule has 1 saturated carbocycles. The van der Waals surface area contributed by atoms with Crippen LogP contribution in [-0.4, -0.2) is 47.8 Å². The molecule has 1 amide bonds. The average molecular weight is 486 g/mol. The van der Waals surface area contributed by atoms with Gasteiger partial charge >= 0.3 is 0 Å². The van der Waals surface area contributed by atoms with Gasteiger partial charge in [0.2, 0.25) is 5.78 Å². The topological polar surface area (TPSA) is 100 Å². The average Bonchev–Trinajstić information content (AvgIpc) is 3.12. The number of nitrogens with one attached hydrogen (secondary N) is 2. The molecule has 0 saturated heterocycles. The van der Waals surface area contributed by atoms with Crippen molar-refractivity contribution in [1.29, 1.82) is 0 Å². The van der Waals surface area contributed by atoms with Gasteiger partial charge in [-0.2, -0.15) is 0 Å². The van der Waals surface area contributed by atoms with Gasteiger partial charge in [-0.05, 0) is 69.8 Å². The van der Waals surface area contributed by atoms with Crippen LogP contribution in [0, 0.1) is 11.6 Å². The SMILES string of the molecule is CN(C)C1(CNC(=O)c2ccc(Nc3nc(N)c(C(=O)c4c(F)cccc4F)s3)cc2)CCC1. The van der Waals surface area contributed by atoms with Crippen molar-refractivity contribution in [2.24, 2.45) is 0 Å². The van der Waals surface area contributed by atoms with Gasteiger partial charge in [-0.3, -0.25) is 9.59 Å². The van der Waals surface area contributed by atoms with Crippen molar-refractivity contribution in [1.82, 2.24) is 15.2 Å². The van der Waals surface area contributed by atoms with Crippen LogP contribution in [0.2, 0.25) is 0 Å². The van der Waals surface area contributed by atoms with E-state index in [0.717, 1.165) is 42.7 Å². The highest BCUT2D eigenvalue weighted by atomic mass is 32.1. The quantitative estimate of drug-likeness (QED) is 0.414. The van der Waals surface area contributed by atoms with E-state index in [1.807, 2.05) is 14.1 Å². The van der Waals surface area contributed by atoms with Crippen LogP contribution in [0.25, 0.3) is 0 Å². The number of anilines is 3. The maximum absolute atomic E-state index is 14.0. The molecular formula is C24H25F2N5O2S. The monoisotopic (exact) mass is 485 g/mol. The molecule has 0 aliphatic heterocycles. The number of benzene rings is 2. The highest BCUT2D eigenvalue weighted by Gasteiger charge is 2.39. The Morgan fingerprint density at radius 3 is 2.32 bits per heavy atom. The second kappa shape index (κ2) is 9.47. The van der Waals surface area contributed by atoms with Crippen molar-refractivity contribution in [2.45, 2.75) is 24.8 Å². The molecule has 1 aromatic heterocycles. The first kappa shape index (κ1) is 23.8. The molecule has 10 heteroatoms. The largest absolute Gasteiger partial charge is 0.382 e. The molecule has 1 fully saturated rings. The van der Waals surface area contributed by atoms with Crippen molar-refractivity contribution in [3.63, 3.8) is 0 Å². The first-order chi connectivity index (χ1) is 16.2. The minimum absolute atomic E-state index is 0.0304. The number of carbonyl (C=O) groups excluding carboxylic acids is 2. The number of rotatable bonds is 8. The second-order valence-corrected chi connectivity index (χ2v) is 9.52. The molecule has 1 aliphatic rings. The van der Waals surface area contributed by atoms with Crippen molar-refractivity contribution in [3.8, 4) is 0 Å². The summed E-state index contributed by atoms with van der Waals surface area (Å²) in [5.41, 5.74) is 6.33. The summed E-state index contributed by atoms with van der Waals surface area (Å²) in [6, 6.07) is 9.97. The van der Waals surface area contributed by atoms with E-state index in [0.29, 0.717) is 17.8 Å². The maximum Gasteiger partial charge on any atom is 0.251 e. The van der Waals surface area contributed by atoms with Crippen molar-refractivity contribution >= 4 is 39.7 Å². The molecule has 34 heavy (non-hydrogen) atoms. The molecule has 4 rings (SSSR count). The predicted molar refractivity (Wildman–Crippen MR) is 129 cm³/mol. The van der Waals surface area contributed by atoms with Crippen LogP contribution in [0.3, 0.4) is 0 Å². The normalized spacial score (nSPS) is 14.5. The molecule has 0 radical (unpaired) electrons. The van der Waals surface area contributed by atoms with Crippen LogP contribution in [0.4, 0.5) is 25.4 Å². The Bertz CT molecular complexity index is 1200. The Hall–Kier alpha value is -3.37. The number of nitrogens with zero attached hydrogens (tertiary/aromatic N) is 2. The number of amides is 1. The Morgan fingerprint density at radius 1 is 1.12 bits per heavy atom. The molecule has 1 heterocycles. The lowest BCUT2D eigenvalue weighted by Crippen LogP contribution is -2.57. The van der Waals surface area contributed by atoms with Crippen molar-refractivity contribution < 1.29 is 18.4 Å². The van der Waals surface area contributed by atoms with Gasteiger partial charge in [-0.25, -0.2) is 13.8 Å². The zero-order valence-corrected chi connectivity index (χ0v) is 19.6. The number of nitrogen functional groups attached to an aromatic ring is 1. The minimum atomic E-state index is -0.963. The number of carbonyl (C=O) groups is 2. The molecule has 0 unspecified atom stereocenters. The highest BCUT2D eigenvalue weighted by Crippen LogP contribution is 2.35. The van der Waals surface area contributed by atoms with E-state index in [4.69, 9.17) is 5.73 Å². The number of ketones is 1. The fourth-order valence-electron chi connectivity index (χ4n) is 3.92. The summed E-state index contributed by atoms with van der Waals surface area (Å²) in [4.78, 5) is 31.4. The van der Waals surface area contributed by atoms with Gasteiger partial charge in [0.15, 0.2) is 5.13 Å². The third-order valence-corrected chi connectivity index (χ3v) is 7.24. The standard InChI is InChI=1S/C24H25F2N5O2S/c1-31(2)24(11-4-12-24)13-28-22(33)14-7-9-15(10-8-14)29-23-30-21(27)20(34-23)19(32)18-16(25)5-3-6-17(18)26/h3,5-10H,4,11-13,27H2,1-2H3,(H,28,33)(H,29,30). The van der Waals surface area contributed by atoms with Gasteiger partial charge in [-0.1, -0.05) is 17.4 Å². The van der Waals surface area contributed by atoms with Gasteiger partial charge in [-0.15, -0.1) is 0 Å². The van der Waals surface area contributed by atoms with Gasteiger partial charge in [0, 0.05) is 23.3 Å². The van der Waals surface area contributed by atoms with E-state index in [1.165, 1.54) is 6.07 Å². The van der Waals surface area contributed by atoms with E-state index >= 15 is 0 Å².